The van der Waals surface area contributed by atoms with E-state index in [1.165, 1.54) is 65.5 Å². The summed E-state index contributed by atoms with van der Waals surface area (Å²) in [5.74, 6) is -2.74. The summed E-state index contributed by atoms with van der Waals surface area (Å²) in [4.78, 5) is 61.3. The molecule has 2 aliphatic rings. The van der Waals surface area contributed by atoms with Crippen LogP contribution >= 0.6 is 23.2 Å². The molecule has 2 aliphatic carbocycles. The molecule has 3 aromatic heterocycles. The molecule has 0 saturated heterocycles. The third-order valence-corrected chi connectivity index (χ3v) is 12.6. The van der Waals surface area contributed by atoms with E-state index in [2.05, 4.69) is 30.9 Å². The topological polar surface area (TPSA) is 192 Å². The van der Waals surface area contributed by atoms with Gasteiger partial charge in [0.25, 0.3) is 17.7 Å². The average Bonchev–Trinajstić information content (AvgIpc) is 4.06. The number of hydrogen-bond donors (Lipinski definition) is 4. The first-order valence-corrected chi connectivity index (χ1v) is 23.3. The maximum absolute atomic E-state index is 15.0. The zero-order valence-electron chi connectivity index (χ0n) is 40.3. The quantitative estimate of drug-likeness (QED) is 0.0958. The van der Waals surface area contributed by atoms with Gasteiger partial charge < -0.3 is 31.2 Å². The number of carbonyl (C=O) groups excluding carboxylic acids is 4. The summed E-state index contributed by atoms with van der Waals surface area (Å²) in [5, 5.41) is 7.86. The van der Waals surface area contributed by atoms with Crippen molar-refractivity contribution in [3.63, 3.8) is 0 Å². The van der Waals surface area contributed by atoms with E-state index in [1.54, 1.807) is 61.2 Å². The maximum atomic E-state index is 15.0. The second-order valence-electron chi connectivity index (χ2n) is 18.2. The molecule has 4 aromatic carbocycles. The Hall–Kier alpha value is -6.48. The number of nitrogens with zero attached hydrogens (tertiary/aromatic N) is 4. The number of nitrogens with two attached hydrogens (primary N) is 1. The molecular formula is C53H48Cl2F4LaN8O6. The molecule has 0 spiro atoms. The molecule has 0 aliphatic heterocycles. The van der Waals surface area contributed by atoms with E-state index in [-0.39, 0.29) is 81.3 Å². The molecule has 2 atom stereocenters. The fraction of sp³-hybridized carbons (Fsp3) is 0.226. The van der Waals surface area contributed by atoms with Crippen LogP contribution in [-0.4, -0.2) is 49.9 Å². The van der Waals surface area contributed by atoms with Crippen LogP contribution in [0.25, 0.3) is 0 Å². The molecule has 5 N–H and O–H groups in total. The Bertz CT molecular complexity index is 3160. The molecule has 381 valence electrons. The van der Waals surface area contributed by atoms with Gasteiger partial charge in [0.15, 0.2) is 6.61 Å². The summed E-state index contributed by atoms with van der Waals surface area (Å²) in [5.41, 5.74) is 8.85. The van der Waals surface area contributed by atoms with E-state index >= 15 is 0 Å². The Morgan fingerprint density at radius 1 is 0.703 bits per heavy atom. The molecular weight excluding hydrogens is 1130 g/mol. The van der Waals surface area contributed by atoms with Crippen LogP contribution in [-0.2, 0) is 24.2 Å². The van der Waals surface area contributed by atoms with Crippen LogP contribution < -0.4 is 26.4 Å². The van der Waals surface area contributed by atoms with Gasteiger partial charge in [-0.15, -0.1) is 0 Å². The molecule has 3 heterocycles. The summed E-state index contributed by atoms with van der Waals surface area (Å²) in [7, 11) is 0. The van der Waals surface area contributed by atoms with E-state index in [4.69, 9.17) is 38.4 Å². The van der Waals surface area contributed by atoms with Crippen molar-refractivity contribution in [2.75, 3.05) is 17.2 Å². The molecule has 3 amide bonds. The monoisotopic (exact) mass is 1180 g/mol. The van der Waals surface area contributed by atoms with Crippen molar-refractivity contribution >= 4 is 58.4 Å². The normalized spacial score (nSPS) is 15.3. The van der Waals surface area contributed by atoms with Gasteiger partial charge in [-0.05, 0) is 114 Å². The predicted molar refractivity (Wildman–Crippen MR) is 266 cm³/mol. The minimum atomic E-state index is -0.716. The van der Waals surface area contributed by atoms with Gasteiger partial charge in [0.2, 0.25) is 5.88 Å². The molecule has 7 aromatic rings. The van der Waals surface area contributed by atoms with Crippen molar-refractivity contribution in [3.05, 3.63) is 201 Å². The van der Waals surface area contributed by atoms with Crippen LogP contribution in [0, 0.1) is 69.7 Å². The zero-order chi connectivity index (χ0) is 52.6. The number of anilines is 2. The minimum Gasteiger partial charge on any atom is -0.468 e. The Morgan fingerprint density at radius 3 is 1.77 bits per heavy atom. The first-order chi connectivity index (χ1) is 34.7. The number of aromatic nitrogens is 4. The number of halogens is 6. The number of nitrogens with one attached hydrogen (secondary N) is 3. The summed E-state index contributed by atoms with van der Waals surface area (Å²) in [6, 6.07) is 22.4. The number of amides is 3. The predicted octanol–water partition coefficient (Wildman–Crippen LogP) is 11.3. The molecule has 2 unspecified atom stereocenters. The first-order valence-electron chi connectivity index (χ1n) is 22.5. The van der Waals surface area contributed by atoms with Gasteiger partial charge in [0, 0.05) is 106 Å². The number of carbonyl (C=O) groups is 4. The van der Waals surface area contributed by atoms with Crippen LogP contribution in [0.15, 0.2) is 128 Å². The van der Waals surface area contributed by atoms with Crippen molar-refractivity contribution < 1.29 is 81.8 Å². The van der Waals surface area contributed by atoms with Gasteiger partial charge in [-0.2, -0.15) is 0 Å². The molecule has 0 fully saturated rings. The van der Waals surface area contributed by atoms with Crippen molar-refractivity contribution in [1.82, 2.24) is 24.8 Å². The maximum Gasteiger partial charge on any atom is 0.408 e. The summed E-state index contributed by atoms with van der Waals surface area (Å²) < 4.78 is 67.6. The fourth-order valence-corrected chi connectivity index (χ4v) is 8.64. The average molecular weight is 1180 g/mol. The van der Waals surface area contributed by atoms with E-state index in [0.717, 1.165) is 6.07 Å². The molecule has 1 radical (unpaired) electrons. The number of ether oxygens (including phenoxy) is 2. The van der Waals surface area contributed by atoms with Gasteiger partial charge in [0.05, 0.1) is 21.8 Å². The molecule has 14 nitrogen and oxygen atoms in total. The summed E-state index contributed by atoms with van der Waals surface area (Å²) in [6.07, 6.45) is 7.89. The van der Waals surface area contributed by atoms with Gasteiger partial charge >= 0.3 is 6.09 Å². The smallest absolute Gasteiger partial charge is 0.408 e. The SMILES string of the molecule is CC1(C)Cc2c(C(=O)Nc3ccc(F)c(Cl)c3)ccc(F)c2C1N.CC1(C)Cc2c(C(=O)Nc3ccc(F)c(Cl)c3)ccc(F)c2C1NC(=O)OCc1ccccn1.O=C(COc1ccccn1)n1ccnc1.[La]. The fourth-order valence-electron chi connectivity index (χ4n) is 8.28. The second-order valence-corrected chi connectivity index (χ2v) is 19.1. The number of fused-ring (bicyclic) bond motifs is 2. The third kappa shape index (κ3) is 13.8. The van der Waals surface area contributed by atoms with Crippen molar-refractivity contribution in [2.45, 2.75) is 59.2 Å². The van der Waals surface area contributed by atoms with E-state index < -0.39 is 58.7 Å². The van der Waals surface area contributed by atoms with E-state index in [1.807, 2.05) is 27.7 Å². The Labute approximate surface area is 461 Å². The zero-order valence-corrected chi connectivity index (χ0v) is 45.4. The van der Waals surface area contributed by atoms with Crippen LogP contribution in [0.5, 0.6) is 5.88 Å². The van der Waals surface area contributed by atoms with E-state index in [0.29, 0.717) is 58.0 Å². The minimum absolute atomic E-state index is 0. The van der Waals surface area contributed by atoms with Gasteiger partial charge in [-0.1, -0.05) is 63.0 Å². The van der Waals surface area contributed by atoms with Crippen LogP contribution in [0.3, 0.4) is 0 Å². The van der Waals surface area contributed by atoms with Crippen molar-refractivity contribution in [2.24, 2.45) is 16.6 Å². The number of benzene rings is 4. The summed E-state index contributed by atoms with van der Waals surface area (Å²) in [6.45, 7) is 7.55. The molecule has 0 saturated carbocycles. The second kappa shape index (κ2) is 24.7. The van der Waals surface area contributed by atoms with Crippen LogP contribution in [0.1, 0.15) is 93.2 Å². The van der Waals surface area contributed by atoms with Gasteiger partial charge in [-0.25, -0.2) is 32.3 Å². The Morgan fingerprint density at radius 2 is 1.24 bits per heavy atom. The van der Waals surface area contributed by atoms with E-state index in [9.17, 15) is 36.7 Å². The molecule has 21 heteroatoms. The number of alkyl carbamates (subject to hydrolysis) is 1. The number of pyridine rings is 2. The molecule has 0 bridgehead atoms. The first kappa shape index (κ1) is 56.8. The Balaban J connectivity index is 0.000000194. The van der Waals surface area contributed by atoms with Crippen molar-refractivity contribution in [3.8, 4) is 5.88 Å². The Kier molecular flexibility index (Phi) is 19.0. The molecule has 74 heavy (non-hydrogen) atoms. The van der Waals surface area contributed by atoms with Gasteiger partial charge in [0.1, 0.15) is 36.2 Å². The number of rotatable bonds is 10. The molecule has 9 rings (SSSR count). The van der Waals surface area contributed by atoms with Crippen LogP contribution in [0.2, 0.25) is 10.0 Å². The van der Waals surface area contributed by atoms with Crippen LogP contribution in [0.4, 0.5) is 33.7 Å². The van der Waals surface area contributed by atoms with Gasteiger partial charge in [-0.3, -0.25) is 23.9 Å². The standard InChI is InChI=1S/C25H22ClF2N3O3.C18H17ClF2N2O.C10H9N3O2.La/c1-25(2)12-17-16(23(32)30-14-6-8-19(27)18(26)11-14)7-9-20(28)21(17)22(25)31-24(33)34-13-15-5-3-4-10-29-15;1-18(2)8-11-10(4-6-14(21)15(11)16(18)22)17(24)23-9-3-5-13(20)12(19)7-9;14-10(13-6-5-11-8-13)7-15-9-3-1-2-4-12-9;/h3-11,22H,12-13H2,1-2H3,(H,30,32)(H,31,33);3-7,16H,8,22H2,1-2H3,(H,23,24);1-6,8H,7H2;. The summed E-state index contributed by atoms with van der Waals surface area (Å²) >= 11 is 11.5. The number of imidazole rings is 1. The third-order valence-electron chi connectivity index (χ3n) is 12.1. The largest absolute Gasteiger partial charge is 0.468 e. The number of hydrogen-bond acceptors (Lipinski definition) is 10. The van der Waals surface area contributed by atoms with Crippen molar-refractivity contribution in [1.29, 1.82) is 0 Å².